The van der Waals surface area contributed by atoms with E-state index in [1.54, 1.807) is 0 Å². The lowest BCUT2D eigenvalue weighted by atomic mass is 10.3. The van der Waals surface area contributed by atoms with Crippen molar-refractivity contribution in [2.75, 3.05) is 13.7 Å². The summed E-state index contributed by atoms with van der Waals surface area (Å²) >= 11 is 0. The average molecular weight is 267 g/mol. The first kappa shape index (κ1) is 12.8. The van der Waals surface area contributed by atoms with Crippen molar-refractivity contribution in [3.8, 4) is 17.3 Å². The molecule has 0 fully saturated rings. The van der Waals surface area contributed by atoms with Crippen LogP contribution in [0.2, 0.25) is 0 Å². The second-order valence-corrected chi connectivity index (χ2v) is 3.48. The van der Waals surface area contributed by atoms with Gasteiger partial charge in [0.15, 0.2) is 6.61 Å². The number of esters is 1. The van der Waals surface area contributed by atoms with Gasteiger partial charge in [-0.1, -0.05) is 9.94 Å². The molecule has 1 N–H and O–H groups in total. The van der Waals surface area contributed by atoms with Gasteiger partial charge in [0.2, 0.25) is 5.88 Å². The molecule has 100 valence electrons. The van der Waals surface area contributed by atoms with Gasteiger partial charge in [-0.3, -0.25) is 4.98 Å². The Bertz CT molecular complexity index is 582. The predicted molar refractivity (Wildman–Crippen MR) is 60.1 cm³/mol. The molecule has 0 aromatic carbocycles. The molecule has 7 nitrogen and oxygen atoms in total. The van der Waals surface area contributed by atoms with Crippen LogP contribution in [0.3, 0.4) is 0 Å². The van der Waals surface area contributed by atoms with Crippen molar-refractivity contribution in [3.05, 3.63) is 30.2 Å². The van der Waals surface area contributed by atoms with E-state index in [0.29, 0.717) is 10.5 Å². The Labute approximate surface area is 107 Å². The maximum absolute atomic E-state index is 12.7. The molecule has 2 aromatic rings. The number of rotatable bonds is 4. The zero-order valence-electron chi connectivity index (χ0n) is 9.91. The number of halogens is 1. The fraction of sp³-hybridized carbons (Fsp3) is 0.182. The second kappa shape index (κ2) is 5.34. The fourth-order valence-electron chi connectivity index (χ4n) is 1.32. The van der Waals surface area contributed by atoms with Crippen molar-refractivity contribution in [3.63, 3.8) is 0 Å². The van der Waals surface area contributed by atoms with Gasteiger partial charge in [-0.05, 0) is 12.1 Å². The minimum atomic E-state index is -0.575. The fourth-order valence-corrected chi connectivity index (χ4v) is 1.32. The van der Waals surface area contributed by atoms with Crippen molar-refractivity contribution in [1.82, 2.24) is 14.9 Å². The van der Waals surface area contributed by atoms with Gasteiger partial charge in [-0.15, -0.1) is 0 Å². The minimum Gasteiger partial charge on any atom is -0.466 e. The third-order valence-electron chi connectivity index (χ3n) is 2.22. The number of nitrogens with zero attached hydrogens (tertiary/aromatic N) is 3. The Morgan fingerprint density at radius 1 is 1.53 bits per heavy atom. The van der Waals surface area contributed by atoms with E-state index in [1.807, 2.05) is 0 Å². The first-order chi connectivity index (χ1) is 9.10. The molecular formula is C11H10FN3O4. The average Bonchev–Trinajstić information content (AvgIpc) is 2.78. The molecule has 0 radical (unpaired) electrons. The van der Waals surface area contributed by atoms with Crippen LogP contribution in [-0.2, 0) is 9.53 Å². The van der Waals surface area contributed by atoms with Crippen molar-refractivity contribution in [1.29, 1.82) is 0 Å². The third-order valence-corrected chi connectivity index (χ3v) is 2.22. The van der Waals surface area contributed by atoms with Crippen LogP contribution in [0.1, 0.15) is 0 Å². The predicted octanol–water partition coefficient (Wildman–Crippen LogP) is 0.873. The number of aromatic nitrogens is 3. The molecular weight excluding hydrogens is 257 g/mol. The van der Waals surface area contributed by atoms with Crippen LogP contribution in [0, 0.1) is 5.82 Å². The van der Waals surface area contributed by atoms with E-state index in [4.69, 9.17) is 4.74 Å². The first-order valence-corrected chi connectivity index (χ1v) is 5.21. The van der Waals surface area contributed by atoms with Crippen LogP contribution >= 0.6 is 0 Å². The van der Waals surface area contributed by atoms with Gasteiger partial charge in [-0.2, -0.15) is 0 Å². The topological polar surface area (TPSA) is 86.5 Å². The van der Waals surface area contributed by atoms with E-state index in [9.17, 15) is 14.4 Å². The third kappa shape index (κ3) is 2.97. The quantitative estimate of drug-likeness (QED) is 0.653. The summed E-state index contributed by atoms with van der Waals surface area (Å²) in [6.45, 7) is -0.330. The molecule has 8 heteroatoms. The highest BCUT2D eigenvalue weighted by Crippen LogP contribution is 2.21. The number of hydrogen-bond acceptors (Lipinski definition) is 6. The molecule has 0 aliphatic carbocycles. The van der Waals surface area contributed by atoms with E-state index in [2.05, 4.69) is 14.8 Å². The summed E-state index contributed by atoms with van der Waals surface area (Å²) in [5.41, 5.74) is 0.518. The van der Waals surface area contributed by atoms with Gasteiger partial charge in [-0.25, -0.2) is 9.18 Å². The number of ether oxygens (including phenoxy) is 2. The Hall–Kier alpha value is -2.64. The van der Waals surface area contributed by atoms with Gasteiger partial charge in [0, 0.05) is 6.07 Å². The van der Waals surface area contributed by atoms with E-state index in [1.165, 1.54) is 25.3 Å². The van der Waals surface area contributed by atoms with E-state index in [-0.39, 0.29) is 18.2 Å². The zero-order chi connectivity index (χ0) is 13.8. The SMILES string of the molecule is COC(=O)COc1cc(-c2ccc(F)cn2)n(O)n1. The van der Waals surface area contributed by atoms with E-state index < -0.39 is 11.8 Å². The molecule has 0 amide bonds. The molecule has 0 bridgehead atoms. The second-order valence-electron chi connectivity index (χ2n) is 3.48. The number of hydrogen-bond donors (Lipinski definition) is 1. The number of pyridine rings is 1. The molecule has 2 rings (SSSR count). The van der Waals surface area contributed by atoms with Gasteiger partial charge in [0.1, 0.15) is 11.5 Å². The standard InChI is InChI=1S/C11H10FN3O4/c1-18-11(16)6-19-10-4-9(15(17)14-10)8-3-2-7(12)5-13-8/h2-5,17H,6H2,1H3. The van der Waals surface area contributed by atoms with E-state index in [0.717, 1.165) is 6.20 Å². The Morgan fingerprint density at radius 3 is 2.95 bits per heavy atom. The largest absolute Gasteiger partial charge is 0.466 e. The van der Waals surface area contributed by atoms with Crippen molar-refractivity contribution >= 4 is 5.97 Å². The Morgan fingerprint density at radius 2 is 2.32 bits per heavy atom. The van der Waals surface area contributed by atoms with Crippen LogP contribution < -0.4 is 4.74 Å². The van der Waals surface area contributed by atoms with Crippen LogP contribution in [0.25, 0.3) is 11.4 Å². The van der Waals surface area contributed by atoms with Crippen molar-refractivity contribution in [2.24, 2.45) is 0 Å². The molecule has 2 heterocycles. The molecule has 2 aromatic heterocycles. The number of methoxy groups -OCH3 is 1. The molecule has 19 heavy (non-hydrogen) atoms. The van der Waals surface area contributed by atoms with Crippen LogP contribution in [0.5, 0.6) is 5.88 Å². The Kier molecular flexibility index (Phi) is 3.60. The number of carbonyl (C=O) groups is 1. The molecule has 0 saturated carbocycles. The molecule has 0 atom stereocenters. The van der Waals surface area contributed by atoms with Crippen molar-refractivity contribution < 1.29 is 23.9 Å². The van der Waals surface area contributed by atoms with Crippen LogP contribution in [-0.4, -0.2) is 39.8 Å². The minimum absolute atomic E-state index is 0.0222. The molecule has 0 aliphatic heterocycles. The van der Waals surface area contributed by atoms with Gasteiger partial charge >= 0.3 is 5.97 Å². The zero-order valence-corrected chi connectivity index (χ0v) is 9.91. The lowest BCUT2D eigenvalue weighted by Crippen LogP contribution is -2.12. The van der Waals surface area contributed by atoms with Crippen LogP contribution in [0.15, 0.2) is 24.4 Å². The summed E-state index contributed by atoms with van der Waals surface area (Å²) in [5.74, 6) is -1.04. The summed E-state index contributed by atoms with van der Waals surface area (Å²) in [4.78, 5) is 15.2. The highest BCUT2D eigenvalue weighted by molar-refractivity contribution is 5.70. The van der Waals surface area contributed by atoms with Gasteiger partial charge in [0.25, 0.3) is 0 Å². The first-order valence-electron chi connectivity index (χ1n) is 5.21. The van der Waals surface area contributed by atoms with Crippen LogP contribution in [0.4, 0.5) is 4.39 Å². The summed E-state index contributed by atoms with van der Waals surface area (Å²) in [6.07, 6.45) is 1.01. The number of carbonyl (C=O) groups excluding carboxylic acids is 1. The maximum Gasteiger partial charge on any atom is 0.343 e. The lowest BCUT2D eigenvalue weighted by Gasteiger charge is -1.98. The molecule has 0 unspecified atom stereocenters. The maximum atomic E-state index is 12.7. The Balaban J connectivity index is 2.16. The normalized spacial score (nSPS) is 10.2. The molecule has 0 saturated heterocycles. The summed E-state index contributed by atoms with van der Waals surface area (Å²) < 4.78 is 22.1. The van der Waals surface area contributed by atoms with Crippen molar-refractivity contribution in [2.45, 2.75) is 0 Å². The summed E-state index contributed by atoms with van der Waals surface area (Å²) in [5, 5.41) is 13.2. The monoisotopic (exact) mass is 267 g/mol. The van der Waals surface area contributed by atoms with Gasteiger partial charge < -0.3 is 14.7 Å². The lowest BCUT2D eigenvalue weighted by molar-refractivity contribution is -0.143. The molecule has 0 spiro atoms. The highest BCUT2D eigenvalue weighted by atomic mass is 19.1. The summed E-state index contributed by atoms with van der Waals surface area (Å²) in [6, 6.07) is 3.94. The molecule has 0 aliphatic rings. The van der Waals surface area contributed by atoms with Gasteiger partial charge in [0.05, 0.1) is 19.0 Å². The smallest absolute Gasteiger partial charge is 0.343 e. The summed E-state index contributed by atoms with van der Waals surface area (Å²) in [7, 11) is 1.23. The highest BCUT2D eigenvalue weighted by Gasteiger charge is 2.13. The van der Waals surface area contributed by atoms with E-state index >= 15 is 0 Å².